The second-order valence-electron chi connectivity index (χ2n) is 5.59. The van der Waals surface area contributed by atoms with Crippen molar-refractivity contribution in [3.8, 4) is 5.69 Å². The summed E-state index contributed by atoms with van der Waals surface area (Å²) in [6.45, 7) is 0.0472. The topological polar surface area (TPSA) is 105 Å². The fourth-order valence-electron chi connectivity index (χ4n) is 2.58. The highest BCUT2D eigenvalue weighted by Gasteiger charge is 2.16. The fraction of sp³-hybridized carbons (Fsp3) is 0.118. The number of carbonyl (C=O) groups is 1. The summed E-state index contributed by atoms with van der Waals surface area (Å²) in [7, 11) is 1.24. The Morgan fingerprint density at radius 3 is 2.93 bits per heavy atom. The van der Waals surface area contributed by atoms with Crippen LogP contribution in [0.4, 0.5) is 4.39 Å². The predicted molar refractivity (Wildman–Crippen MR) is 90.0 cm³/mol. The number of aromatic nitrogens is 5. The zero-order valence-corrected chi connectivity index (χ0v) is 14.0. The van der Waals surface area contributed by atoms with E-state index in [9.17, 15) is 14.0 Å². The molecule has 0 saturated carbocycles. The van der Waals surface area contributed by atoms with E-state index in [-0.39, 0.29) is 23.5 Å². The lowest BCUT2D eigenvalue weighted by Crippen LogP contribution is -2.21. The number of fused-ring (bicyclic) bond motifs is 1. The van der Waals surface area contributed by atoms with E-state index in [0.717, 1.165) is 0 Å². The molecule has 0 unspecified atom stereocenters. The van der Waals surface area contributed by atoms with E-state index in [1.54, 1.807) is 12.1 Å². The van der Waals surface area contributed by atoms with Crippen molar-refractivity contribution < 1.29 is 18.3 Å². The molecule has 9 nitrogen and oxygen atoms in total. The highest BCUT2D eigenvalue weighted by Crippen LogP contribution is 2.14. The van der Waals surface area contributed by atoms with Crippen LogP contribution in [0, 0.1) is 5.82 Å². The molecular formula is C17H12FN5O4. The number of rotatable bonds is 4. The third-order valence-electron chi connectivity index (χ3n) is 3.86. The van der Waals surface area contributed by atoms with Crippen molar-refractivity contribution >= 4 is 17.1 Å². The van der Waals surface area contributed by atoms with Crippen LogP contribution >= 0.6 is 0 Å². The standard InChI is InChI=1S/C17H12FN5O4/c1-26-17(25)13-6-5-12(27-13)8-22-9-19-15-14(16(22)24)20-21-23(15)11-4-2-3-10(18)7-11/h2-7,9H,8H2,1H3. The van der Waals surface area contributed by atoms with E-state index in [1.165, 1.54) is 47.0 Å². The molecule has 0 amide bonds. The maximum Gasteiger partial charge on any atom is 0.373 e. The summed E-state index contributed by atoms with van der Waals surface area (Å²) in [4.78, 5) is 28.3. The van der Waals surface area contributed by atoms with E-state index < -0.39 is 17.3 Å². The molecule has 3 aromatic heterocycles. The summed E-state index contributed by atoms with van der Waals surface area (Å²) in [5.41, 5.74) is 0.188. The molecule has 136 valence electrons. The highest BCUT2D eigenvalue weighted by atomic mass is 19.1. The van der Waals surface area contributed by atoms with Crippen molar-refractivity contribution in [2.75, 3.05) is 7.11 Å². The van der Waals surface area contributed by atoms with Crippen molar-refractivity contribution in [3.05, 3.63) is 70.4 Å². The van der Waals surface area contributed by atoms with E-state index >= 15 is 0 Å². The Labute approximate surface area is 150 Å². The van der Waals surface area contributed by atoms with E-state index in [0.29, 0.717) is 11.4 Å². The number of nitrogens with zero attached hydrogens (tertiary/aromatic N) is 5. The Morgan fingerprint density at radius 2 is 2.15 bits per heavy atom. The molecule has 0 aliphatic heterocycles. The summed E-state index contributed by atoms with van der Waals surface area (Å²) in [5.74, 6) is -0.647. The monoisotopic (exact) mass is 369 g/mol. The minimum Gasteiger partial charge on any atom is -0.463 e. The van der Waals surface area contributed by atoms with E-state index in [1.807, 2.05) is 0 Å². The molecule has 0 N–H and O–H groups in total. The van der Waals surface area contributed by atoms with Gasteiger partial charge in [0.25, 0.3) is 5.56 Å². The van der Waals surface area contributed by atoms with Crippen LogP contribution in [0.2, 0.25) is 0 Å². The Kier molecular flexibility index (Phi) is 3.99. The third kappa shape index (κ3) is 2.97. The van der Waals surface area contributed by atoms with E-state index in [2.05, 4.69) is 20.0 Å². The average Bonchev–Trinajstić information content (AvgIpc) is 3.31. The van der Waals surface area contributed by atoms with Crippen molar-refractivity contribution in [1.29, 1.82) is 0 Å². The minimum atomic E-state index is -0.611. The van der Waals surface area contributed by atoms with Gasteiger partial charge in [-0.15, -0.1) is 5.10 Å². The number of halogens is 1. The Morgan fingerprint density at radius 1 is 1.30 bits per heavy atom. The molecule has 4 aromatic rings. The molecule has 0 radical (unpaired) electrons. The fourth-order valence-corrected chi connectivity index (χ4v) is 2.58. The van der Waals surface area contributed by atoms with Crippen LogP contribution < -0.4 is 5.56 Å². The van der Waals surface area contributed by atoms with Gasteiger partial charge in [0.15, 0.2) is 11.2 Å². The Balaban J connectivity index is 1.70. The zero-order valence-electron chi connectivity index (χ0n) is 14.0. The van der Waals surface area contributed by atoms with E-state index in [4.69, 9.17) is 4.42 Å². The first-order valence-corrected chi connectivity index (χ1v) is 7.80. The summed E-state index contributed by atoms with van der Waals surface area (Å²) in [6.07, 6.45) is 1.31. The molecule has 10 heteroatoms. The second-order valence-corrected chi connectivity index (χ2v) is 5.59. The lowest BCUT2D eigenvalue weighted by Gasteiger charge is -2.04. The van der Waals surface area contributed by atoms with Gasteiger partial charge in [0.05, 0.1) is 19.3 Å². The molecule has 0 aliphatic rings. The SMILES string of the molecule is COC(=O)c1ccc(Cn2cnc3c(nnn3-c3cccc(F)c3)c2=O)o1. The average molecular weight is 369 g/mol. The molecule has 0 atom stereocenters. The number of hydrogen-bond donors (Lipinski definition) is 0. The lowest BCUT2D eigenvalue weighted by atomic mass is 10.3. The molecule has 0 saturated heterocycles. The number of carbonyl (C=O) groups excluding carboxylic acids is 1. The number of methoxy groups -OCH3 is 1. The van der Waals surface area contributed by atoms with Gasteiger partial charge in [-0.05, 0) is 30.3 Å². The van der Waals surface area contributed by atoms with Gasteiger partial charge in [-0.25, -0.2) is 14.2 Å². The Hall–Kier alpha value is -3.82. The predicted octanol–water partition coefficient (Wildman–Crippen LogP) is 1.54. The third-order valence-corrected chi connectivity index (χ3v) is 3.86. The summed E-state index contributed by atoms with van der Waals surface area (Å²) >= 11 is 0. The quantitative estimate of drug-likeness (QED) is 0.503. The van der Waals surface area contributed by atoms with Crippen molar-refractivity contribution in [2.24, 2.45) is 0 Å². The number of benzene rings is 1. The summed E-state index contributed by atoms with van der Waals surface area (Å²) in [5, 5.41) is 7.76. The molecule has 0 spiro atoms. The van der Waals surface area contributed by atoms with Gasteiger partial charge >= 0.3 is 5.97 Å². The van der Waals surface area contributed by atoms with Crippen molar-refractivity contribution in [3.63, 3.8) is 0 Å². The molecule has 0 fully saturated rings. The molecule has 4 rings (SSSR count). The van der Waals surface area contributed by atoms with Crippen LogP contribution in [-0.2, 0) is 11.3 Å². The van der Waals surface area contributed by atoms with Gasteiger partial charge in [-0.1, -0.05) is 11.3 Å². The maximum absolute atomic E-state index is 13.4. The van der Waals surface area contributed by atoms with Crippen molar-refractivity contribution in [1.82, 2.24) is 24.5 Å². The van der Waals surface area contributed by atoms with Crippen LogP contribution in [0.5, 0.6) is 0 Å². The first kappa shape index (κ1) is 16.6. The van der Waals surface area contributed by atoms with Crippen LogP contribution in [-0.4, -0.2) is 37.6 Å². The van der Waals surface area contributed by atoms with Gasteiger partial charge in [0.1, 0.15) is 17.9 Å². The van der Waals surface area contributed by atoms with Crippen LogP contribution in [0.3, 0.4) is 0 Å². The zero-order chi connectivity index (χ0) is 19.0. The molecule has 0 bridgehead atoms. The number of hydrogen-bond acceptors (Lipinski definition) is 7. The molecule has 1 aromatic carbocycles. The lowest BCUT2D eigenvalue weighted by molar-refractivity contribution is 0.0563. The maximum atomic E-state index is 13.4. The molecular weight excluding hydrogens is 357 g/mol. The van der Waals surface area contributed by atoms with Crippen molar-refractivity contribution in [2.45, 2.75) is 6.54 Å². The molecule has 0 aliphatic carbocycles. The van der Waals surface area contributed by atoms with Gasteiger partial charge in [0, 0.05) is 0 Å². The second kappa shape index (κ2) is 6.48. The van der Waals surface area contributed by atoms with Crippen LogP contribution in [0.1, 0.15) is 16.3 Å². The molecule has 27 heavy (non-hydrogen) atoms. The Bertz CT molecular complexity index is 1210. The number of furan rings is 1. The first-order chi connectivity index (χ1) is 13.1. The molecule has 3 heterocycles. The highest BCUT2D eigenvalue weighted by molar-refractivity contribution is 5.86. The van der Waals surface area contributed by atoms with Gasteiger partial charge < -0.3 is 9.15 Å². The summed E-state index contributed by atoms with van der Waals surface area (Å²) < 4.78 is 25.9. The number of esters is 1. The minimum absolute atomic E-state index is 0.0292. The first-order valence-electron chi connectivity index (χ1n) is 7.80. The normalized spacial score (nSPS) is 11.0. The van der Waals surface area contributed by atoms with Crippen LogP contribution in [0.15, 0.2) is 51.9 Å². The van der Waals surface area contributed by atoms with Gasteiger partial charge in [-0.3, -0.25) is 9.36 Å². The number of ether oxygens (including phenoxy) is 1. The smallest absolute Gasteiger partial charge is 0.373 e. The largest absolute Gasteiger partial charge is 0.463 e. The van der Waals surface area contributed by atoms with Gasteiger partial charge in [0.2, 0.25) is 5.76 Å². The van der Waals surface area contributed by atoms with Crippen LogP contribution in [0.25, 0.3) is 16.9 Å². The summed E-state index contributed by atoms with van der Waals surface area (Å²) in [6, 6.07) is 8.73. The van der Waals surface area contributed by atoms with Gasteiger partial charge in [-0.2, -0.15) is 4.68 Å².